The van der Waals surface area contributed by atoms with Gasteiger partial charge >= 0.3 is 0 Å². The summed E-state index contributed by atoms with van der Waals surface area (Å²) in [5.74, 6) is 1.51. The van der Waals surface area contributed by atoms with Gasteiger partial charge in [-0.05, 0) is 64.0 Å². The number of ether oxygens (including phenoxy) is 1. The molecule has 0 amide bonds. The molecule has 0 bridgehead atoms. The van der Waals surface area contributed by atoms with Crippen LogP contribution in [0.2, 0.25) is 0 Å². The Bertz CT molecular complexity index is 568. The van der Waals surface area contributed by atoms with E-state index >= 15 is 0 Å². The molecule has 1 fully saturated rings. The second kappa shape index (κ2) is 6.31. The van der Waals surface area contributed by atoms with Crippen molar-refractivity contribution in [2.75, 3.05) is 13.1 Å². The monoisotopic (exact) mass is 285 g/mol. The number of imidazole rings is 1. The van der Waals surface area contributed by atoms with Crippen LogP contribution in [0.3, 0.4) is 0 Å². The van der Waals surface area contributed by atoms with Gasteiger partial charge in [0.25, 0.3) is 0 Å². The summed E-state index contributed by atoms with van der Waals surface area (Å²) in [5, 5.41) is 3.42. The molecule has 0 spiro atoms. The van der Waals surface area contributed by atoms with Crippen molar-refractivity contribution in [2.45, 2.75) is 38.7 Å². The molecule has 1 aliphatic heterocycles. The fraction of sp³-hybridized carbons (Fsp3) is 0.471. The van der Waals surface area contributed by atoms with Crippen LogP contribution in [0.5, 0.6) is 5.75 Å². The van der Waals surface area contributed by atoms with Crippen molar-refractivity contribution in [2.24, 2.45) is 0 Å². The number of hydrogen-bond donors (Lipinski definition) is 1. The summed E-state index contributed by atoms with van der Waals surface area (Å²) >= 11 is 0. The number of nitrogens with one attached hydrogen (secondary N) is 1. The normalized spacial score (nSPS) is 16.3. The molecule has 2 aromatic rings. The molecule has 1 aromatic heterocycles. The molecule has 3 rings (SSSR count). The summed E-state index contributed by atoms with van der Waals surface area (Å²) in [6, 6.07) is 8.26. The van der Waals surface area contributed by atoms with E-state index in [0.29, 0.717) is 5.92 Å². The van der Waals surface area contributed by atoms with Gasteiger partial charge in [0.1, 0.15) is 5.75 Å². The Labute approximate surface area is 126 Å². The first-order valence-electron chi connectivity index (χ1n) is 7.74. The summed E-state index contributed by atoms with van der Waals surface area (Å²) in [5.41, 5.74) is 2.46. The van der Waals surface area contributed by atoms with Crippen LogP contribution >= 0.6 is 0 Å². The molecule has 0 unspecified atom stereocenters. The number of benzene rings is 1. The lowest BCUT2D eigenvalue weighted by molar-refractivity contribution is 0.242. The molecule has 1 saturated heterocycles. The average Bonchev–Trinajstić information content (AvgIpc) is 2.98. The van der Waals surface area contributed by atoms with E-state index < -0.39 is 0 Å². The second-order valence-corrected chi connectivity index (χ2v) is 5.87. The van der Waals surface area contributed by atoms with E-state index in [1.54, 1.807) is 0 Å². The van der Waals surface area contributed by atoms with Crippen LogP contribution in [0.25, 0.3) is 5.69 Å². The minimum Gasteiger partial charge on any atom is -0.491 e. The third kappa shape index (κ3) is 3.27. The Balaban J connectivity index is 1.82. The van der Waals surface area contributed by atoms with Gasteiger partial charge in [0, 0.05) is 23.5 Å². The van der Waals surface area contributed by atoms with Gasteiger partial charge in [0.15, 0.2) is 0 Å². The van der Waals surface area contributed by atoms with Crippen molar-refractivity contribution in [1.82, 2.24) is 14.9 Å². The van der Waals surface area contributed by atoms with Gasteiger partial charge in [-0.25, -0.2) is 4.98 Å². The number of hydrogen-bond acceptors (Lipinski definition) is 3. The van der Waals surface area contributed by atoms with Gasteiger partial charge in [-0.15, -0.1) is 0 Å². The van der Waals surface area contributed by atoms with Gasteiger partial charge in [0.05, 0.1) is 12.4 Å². The Hall–Kier alpha value is -1.81. The largest absolute Gasteiger partial charge is 0.491 e. The first-order valence-corrected chi connectivity index (χ1v) is 7.74. The van der Waals surface area contributed by atoms with Crippen LogP contribution in [0.15, 0.2) is 36.8 Å². The smallest absolute Gasteiger partial charge is 0.119 e. The molecule has 0 atom stereocenters. The molecule has 21 heavy (non-hydrogen) atoms. The quantitative estimate of drug-likeness (QED) is 0.938. The summed E-state index contributed by atoms with van der Waals surface area (Å²) in [4.78, 5) is 4.36. The van der Waals surface area contributed by atoms with Crippen LogP contribution in [0.1, 0.15) is 38.3 Å². The molecule has 0 saturated carbocycles. The molecule has 1 aromatic carbocycles. The molecule has 2 heterocycles. The fourth-order valence-corrected chi connectivity index (χ4v) is 2.90. The standard InChI is InChI=1S/C17H23N3O/c1-13(2)21-16-5-3-15(4-6-16)20-12-19-11-17(20)14-7-9-18-10-8-14/h3-6,11-14,18H,7-10H2,1-2H3. The zero-order chi connectivity index (χ0) is 14.7. The number of piperidine rings is 1. The van der Waals surface area contributed by atoms with E-state index in [1.807, 2.05) is 38.5 Å². The predicted molar refractivity (Wildman–Crippen MR) is 84.2 cm³/mol. The van der Waals surface area contributed by atoms with Gasteiger partial charge in [-0.3, -0.25) is 0 Å². The Morgan fingerprint density at radius 1 is 1.19 bits per heavy atom. The Morgan fingerprint density at radius 3 is 2.57 bits per heavy atom. The van der Waals surface area contributed by atoms with Crippen molar-refractivity contribution in [3.8, 4) is 11.4 Å². The molecule has 1 aliphatic rings. The molecule has 112 valence electrons. The number of nitrogens with zero attached hydrogens (tertiary/aromatic N) is 2. The van der Waals surface area contributed by atoms with Crippen LogP contribution in [0, 0.1) is 0 Å². The highest BCUT2D eigenvalue weighted by Gasteiger charge is 2.19. The third-order valence-corrected chi connectivity index (χ3v) is 3.91. The van der Waals surface area contributed by atoms with Crippen LogP contribution in [0.4, 0.5) is 0 Å². The minimum absolute atomic E-state index is 0.203. The zero-order valence-corrected chi connectivity index (χ0v) is 12.7. The van der Waals surface area contributed by atoms with E-state index in [-0.39, 0.29) is 6.10 Å². The predicted octanol–water partition coefficient (Wildman–Crippen LogP) is 3.13. The summed E-state index contributed by atoms with van der Waals surface area (Å²) in [7, 11) is 0. The van der Waals surface area contributed by atoms with Crippen LogP contribution in [-0.2, 0) is 0 Å². The van der Waals surface area contributed by atoms with Gasteiger partial charge in [-0.2, -0.15) is 0 Å². The SMILES string of the molecule is CC(C)Oc1ccc(-n2cncc2C2CCNCC2)cc1. The zero-order valence-electron chi connectivity index (χ0n) is 12.7. The van der Waals surface area contributed by atoms with Gasteiger partial charge in [0.2, 0.25) is 0 Å². The maximum absolute atomic E-state index is 5.70. The molecule has 0 radical (unpaired) electrons. The van der Waals surface area contributed by atoms with E-state index in [4.69, 9.17) is 4.74 Å². The van der Waals surface area contributed by atoms with Crippen molar-refractivity contribution >= 4 is 0 Å². The molecular formula is C17H23N3O. The average molecular weight is 285 g/mol. The Morgan fingerprint density at radius 2 is 1.90 bits per heavy atom. The van der Waals surface area contributed by atoms with Crippen molar-refractivity contribution < 1.29 is 4.74 Å². The van der Waals surface area contributed by atoms with Crippen molar-refractivity contribution in [1.29, 1.82) is 0 Å². The van der Waals surface area contributed by atoms with E-state index in [1.165, 1.54) is 18.5 Å². The highest BCUT2D eigenvalue weighted by atomic mass is 16.5. The Kier molecular flexibility index (Phi) is 4.25. The third-order valence-electron chi connectivity index (χ3n) is 3.91. The van der Waals surface area contributed by atoms with E-state index in [2.05, 4.69) is 27.0 Å². The maximum atomic E-state index is 5.70. The topological polar surface area (TPSA) is 39.1 Å². The highest BCUT2D eigenvalue weighted by molar-refractivity contribution is 5.39. The molecule has 4 heteroatoms. The summed E-state index contributed by atoms with van der Waals surface area (Å²) in [6.45, 7) is 6.27. The van der Waals surface area contributed by atoms with E-state index in [0.717, 1.165) is 24.5 Å². The first-order chi connectivity index (χ1) is 10.2. The first kappa shape index (κ1) is 14.1. The van der Waals surface area contributed by atoms with Crippen molar-refractivity contribution in [3.05, 3.63) is 42.5 Å². The lowest BCUT2D eigenvalue weighted by Crippen LogP contribution is -2.27. The van der Waals surface area contributed by atoms with Crippen LogP contribution < -0.4 is 10.1 Å². The lowest BCUT2D eigenvalue weighted by atomic mass is 9.95. The van der Waals surface area contributed by atoms with Crippen LogP contribution in [-0.4, -0.2) is 28.7 Å². The molecule has 1 N–H and O–H groups in total. The minimum atomic E-state index is 0.203. The van der Waals surface area contributed by atoms with E-state index in [9.17, 15) is 0 Å². The molecule has 0 aliphatic carbocycles. The number of rotatable bonds is 4. The van der Waals surface area contributed by atoms with Gasteiger partial charge < -0.3 is 14.6 Å². The highest BCUT2D eigenvalue weighted by Crippen LogP contribution is 2.27. The van der Waals surface area contributed by atoms with Crippen molar-refractivity contribution in [3.63, 3.8) is 0 Å². The second-order valence-electron chi connectivity index (χ2n) is 5.87. The molecule has 4 nitrogen and oxygen atoms in total. The summed E-state index contributed by atoms with van der Waals surface area (Å²) in [6.07, 6.45) is 6.49. The summed E-state index contributed by atoms with van der Waals surface area (Å²) < 4.78 is 7.90. The maximum Gasteiger partial charge on any atom is 0.119 e. The molecular weight excluding hydrogens is 262 g/mol. The lowest BCUT2D eigenvalue weighted by Gasteiger charge is -2.23. The number of aromatic nitrogens is 2. The fourth-order valence-electron chi connectivity index (χ4n) is 2.90. The van der Waals surface area contributed by atoms with Gasteiger partial charge in [-0.1, -0.05) is 0 Å².